The van der Waals surface area contributed by atoms with Crippen molar-refractivity contribution in [3.63, 3.8) is 0 Å². The van der Waals surface area contributed by atoms with Gasteiger partial charge in [0.15, 0.2) is 0 Å². The van der Waals surface area contributed by atoms with E-state index in [2.05, 4.69) is 5.73 Å². The molecule has 22 heavy (non-hydrogen) atoms. The lowest BCUT2D eigenvalue weighted by Gasteiger charge is -2.10. The third-order valence-corrected chi connectivity index (χ3v) is 2.36. The highest BCUT2D eigenvalue weighted by atomic mass is 16.4. The molecule has 0 aliphatic carbocycles. The fraction of sp³-hybridized carbons (Fsp3) is 0.667. The zero-order chi connectivity index (χ0) is 17.5. The van der Waals surface area contributed by atoms with E-state index < -0.39 is 30.0 Å². The van der Waals surface area contributed by atoms with Crippen molar-refractivity contribution in [3.05, 3.63) is 0 Å². The third kappa shape index (κ3) is 17.6. The second kappa shape index (κ2) is 13.6. The van der Waals surface area contributed by atoms with Crippen LogP contribution in [0.15, 0.2) is 0 Å². The van der Waals surface area contributed by atoms with Crippen LogP contribution in [-0.2, 0) is 14.4 Å². The zero-order valence-corrected chi connectivity index (χ0v) is 12.2. The van der Waals surface area contributed by atoms with Gasteiger partial charge in [0.05, 0.1) is 0 Å². The molecule has 0 heterocycles. The topological polar surface area (TPSA) is 193 Å². The van der Waals surface area contributed by atoms with Crippen LogP contribution >= 0.6 is 0 Å². The second-order valence-electron chi connectivity index (χ2n) is 4.32. The predicted octanol–water partition coefficient (Wildman–Crippen LogP) is -0.437. The number of nitrogens with one attached hydrogen (secondary N) is 1. The number of carboxylic acid groups (broad SMARTS) is 3. The number of unbranched alkanes of at least 4 members (excludes halogenated alkanes) is 2. The second-order valence-corrected chi connectivity index (χ2v) is 4.32. The molecule has 2 amide bonds. The van der Waals surface area contributed by atoms with E-state index in [1.165, 1.54) is 0 Å². The van der Waals surface area contributed by atoms with Crippen LogP contribution in [0.1, 0.15) is 38.5 Å². The Labute approximate surface area is 127 Å². The number of urea groups is 1. The fourth-order valence-electron chi connectivity index (χ4n) is 1.29. The minimum Gasteiger partial charge on any atom is -0.481 e. The van der Waals surface area contributed by atoms with Gasteiger partial charge in [-0.25, -0.2) is 9.59 Å². The maximum absolute atomic E-state index is 10.4. The summed E-state index contributed by atoms with van der Waals surface area (Å²) in [5.74, 6) is -3.15. The molecule has 0 aliphatic heterocycles. The fourth-order valence-corrected chi connectivity index (χ4v) is 1.29. The normalized spacial score (nSPS) is 10.8. The summed E-state index contributed by atoms with van der Waals surface area (Å²) in [6.45, 7) is 0.666. The molecular weight excluding hydrogens is 298 g/mol. The first-order valence-electron chi connectivity index (χ1n) is 6.63. The highest BCUT2D eigenvalue weighted by Gasteiger charge is 2.19. The van der Waals surface area contributed by atoms with Gasteiger partial charge in [0.25, 0.3) is 0 Å². The summed E-state index contributed by atoms with van der Waals surface area (Å²) >= 11 is 0. The van der Waals surface area contributed by atoms with Crippen LogP contribution in [0.5, 0.6) is 0 Å². The summed E-state index contributed by atoms with van der Waals surface area (Å²) in [6.07, 6.45) is 2.38. The lowest BCUT2D eigenvalue weighted by atomic mass is 10.1. The summed E-state index contributed by atoms with van der Waals surface area (Å²) < 4.78 is 0. The smallest absolute Gasteiger partial charge is 0.326 e. The Hall–Kier alpha value is -2.36. The number of amides is 2. The standard InChI is InChI=1S/C6H10N2O5.C6H13NO2/c7-6(13)8-3(5(11)12)1-2-4(9)10;7-5-3-1-2-4-6(8)9/h3H,1-2H2,(H,9,10)(H,11,12)(H3,7,8,13);1-5,7H2,(H,8,9). The van der Waals surface area contributed by atoms with Crippen LogP contribution < -0.4 is 16.8 Å². The minimum absolute atomic E-state index is 0.187. The molecule has 0 spiro atoms. The van der Waals surface area contributed by atoms with E-state index in [4.69, 9.17) is 21.1 Å². The highest BCUT2D eigenvalue weighted by Crippen LogP contribution is 1.97. The highest BCUT2D eigenvalue weighted by molar-refractivity contribution is 5.82. The molecular formula is C12H23N3O7. The monoisotopic (exact) mass is 321 g/mol. The van der Waals surface area contributed by atoms with Crippen LogP contribution in [0, 0.1) is 0 Å². The van der Waals surface area contributed by atoms with E-state index in [1.54, 1.807) is 0 Å². The van der Waals surface area contributed by atoms with E-state index in [9.17, 15) is 19.2 Å². The average Bonchev–Trinajstić information content (AvgIpc) is 2.39. The molecule has 0 aromatic heterocycles. The number of hydrogen-bond donors (Lipinski definition) is 6. The van der Waals surface area contributed by atoms with Gasteiger partial charge in [-0.3, -0.25) is 9.59 Å². The molecule has 0 rings (SSSR count). The van der Waals surface area contributed by atoms with Crippen molar-refractivity contribution in [1.29, 1.82) is 0 Å². The predicted molar refractivity (Wildman–Crippen MR) is 76.2 cm³/mol. The van der Waals surface area contributed by atoms with E-state index in [0.29, 0.717) is 6.54 Å². The lowest BCUT2D eigenvalue weighted by Crippen LogP contribution is -2.43. The molecule has 0 saturated carbocycles. The number of primary amides is 1. The van der Waals surface area contributed by atoms with Gasteiger partial charge in [0, 0.05) is 12.8 Å². The van der Waals surface area contributed by atoms with Gasteiger partial charge in [-0.05, 0) is 25.8 Å². The molecule has 0 bridgehead atoms. The molecule has 10 nitrogen and oxygen atoms in total. The first-order chi connectivity index (χ1) is 10.2. The molecule has 0 radical (unpaired) electrons. The molecule has 0 saturated heterocycles. The van der Waals surface area contributed by atoms with Gasteiger partial charge in [-0.15, -0.1) is 0 Å². The quantitative estimate of drug-likeness (QED) is 0.291. The van der Waals surface area contributed by atoms with Crippen molar-refractivity contribution in [2.75, 3.05) is 6.54 Å². The summed E-state index contributed by atoms with van der Waals surface area (Å²) in [5, 5.41) is 26.8. The summed E-state index contributed by atoms with van der Waals surface area (Å²) in [4.78, 5) is 40.6. The Morgan fingerprint density at radius 3 is 1.82 bits per heavy atom. The molecule has 0 fully saturated rings. The summed E-state index contributed by atoms with van der Waals surface area (Å²) in [7, 11) is 0. The maximum Gasteiger partial charge on any atom is 0.326 e. The Kier molecular flexibility index (Phi) is 13.6. The third-order valence-electron chi connectivity index (χ3n) is 2.36. The largest absolute Gasteiger partial charge is 0.481 e. The number of aliphatic carboxylic acids is 3. The van der Waals surface area contributed by atoms with Crippen molar-refractivity contribution in [3.8, 4) is 0 Å². The van der Waals surface area contributed by atoms with Crippen molar-refractivity contribution in [2.24, 2.45) is 11.5 Å². The maximum atomic E-state index is 10.4. The van der Waals surface area contributed by atoms with E-state index in [0.717, 1.165) is 19.3 Å². The lowest BCUT2D eigenvalue weighted by molar-refractivity contribution is -0.141. The Morgan fingerprint density at radius 1 is 0.909 bits per heavy atom. The summed E-state index contributed by atoms with van der Waals surface area (Å²) in [5.41, 5.74) is 9.87. The number of hydrogen-bond acceptors (Lipinski definition) is 5. The van der Waals surface area contributed by atoms with E-state index in [1.807, 2.05) is 5.32 Å². The molecule has 10 heteroatoms. The Morgan fingerprint density at radius 2 is 1.45 bits per heavy atom. The van der Waals surface area contributed by atoms with Crippen molar-refractivity contribution >= 4 is 23.9 Å². The summed E-state index contributed by atoms with van der Waals surface area (Å²) in [6, 6.07) is -2.23. The number of carbonyl (C=O) groups is 4. The van der Waals surface area contributed by atoms with Gasteiger partial charge in [0.2, 0.25) is 0 Å². The van der Waals surface area contributed by atoms with E-state index >= 15 is 0 Å². The van der Waals surface area contributed by atoms with Crippen molar-refractivity contribution in [2.45, 2.75) is 44.6 Å². The Bertz CT molecular complexity index is 374. The first kappa shape index (κ1) is 21.9. The van der Waals surface area contributed by atoms with Gasteiger partial charge in [-0.1, -0.05) is 6.42 Å². The molecule has 0 aliphatic rings. The van der Waals surface area contributed by atoms with Crippen LogP contribution in [0.25, 0.3) is 0 Å². The SMILES string of the molecule is NC(=O)NC(CCC(=O)O)C(=O)O.NCCCCCC(=O)O. The molecule has 1 unspecified atom stereocenters. The van der Waals surface area contributed by atoms with Crippen LogP contribution in [0.4, 0.5) is 4.79 Å². The van der Waals surface area contributed by atoms with E-state index in [-0.39, 0.29) is 19.3 Å². The zero-order valence-electron chi connectivity index (χ0n) is 12.2. The minimum atomic E-state index is -1.31. The van der Waals surface area contributed by atoms with Gasteiger partial charge < -0.3 is 32.1 Å². The van der Waals surface area contributed by atoms with Crippen LogP contribution in [0.2, 0.25) is 0 Å². The number of carboxylic acids is 3. The molecule has 1 atom stereocenters. The van der Waals surface area contributed by atoms with Crippen LogP contribution in [0.3, 0.4) is 0 Å². The molecule has 0 aromatic rings. The van der Waals surface area contributed by atoms with Gasteiger partial charge in [0.1, 0.15) is 6.04 Å². The first-order valence-corrected chi connectivity index (χ1v) is 6.63. The van der Waals surface area contributed by atoms with Gasteiger partial charge in [-0.2, -0.15) is 0 Å². The molecule has 8 N–H and O–H groups in total. The average molecular weight is 321 g/mol. The number of carbonyl (C=O) groups excluding carboxylic acids is 1. The number of rotatable bonds is 10. The van der Waals surface area contributed by atoms with Crippen molar-refractivity contribution < 1.29 is 34.5 Å². The Balaban J connectivity index is 0. The molecule has 0 aromatic carbocycles. The van der Waals surface area contributed by atoms with Gasteiger partial charge >= 0.3 is 23.9 Å². The number of nitrogens with two attached hydrogens (primary N) is 2. The van der Waals surface area contributed by atoms with Crippen molar-refractivity contribution in [1.82, 2.24) is 5.32 Å². The molecule has 128 valence electrons. The van der Waals surface area contributed by atoms with Crippen LogP contribution in [-0.4, -0.2) is 51.8 Å².